The molecule has 149 heavy (non-hydrogen) atoms. The Hall–Kier alpha value is -15.3. The standard InChI is InChI=1S/C108H104N15O22P3S/c1-15-122-83-52-87-80(50-77(83)61(3)54-107(122,5)6)92(81-51-78-62(4)55-108(7,8)123(16-2)84(78)53-88(81)142-87)93-94(106(131)132)95(118-42-35-68(36-43-118)115(9)10)97(120-46-39-70(40-47-120)117(13)14)99(96(93)119-44-37-69(38-45-119)116(11)12)149-73-28-23-65(24-29-73)102(126)111-56-63-19-21-64(22-20-63)103(127)112-57-82-85(125)33-32-76-91(75-31-26-71(124)49-86(75)143-98(76)82)79-48-66(25-30-74(79)105(129)130)104(128)110-41-17-18-67-58-121(101-90(67)100(109)113-60-114-101)89-34-27-72(141-89)59-140-147(136,137)145-148(138,139)144-146(133,134)135/h19-26,28-33,35-40,42-55,58,60,72,89H,15-16,27,34,41,56-57,59H2,1-14H3,(H8-5,109,110,111,112,113,114,124,125,126,127,128,129,130,131,132,133,134,135,136,137,138,139)/p+5/t72-,89?/m0/s1. The van der Waals surface area contributed by atoms with Crippen molar-refractivity contribution in [3.8, 4) is 62.7 Å². The molecular formula is C108H109N15O22P3S+5. The Kier molecular flexibility index (Phi) is 28.3. The van der Waals surface area contributed by atoms with Gasteiger partial charge in [0.1, 0.15) is 41.1 Å². The van der Waals surface area contributed by atoms with E-state index in [9.17, 15) is 63.1 Å². The van der Waals surface area contributed by atoms with E-state index in [1.807, 2.05) is 156 Å². The third kappa shape index (κ3) is 20.8. The number of allylic oxidation sites excluding steroid dienone is 2. The lowest BCUT2D eigenvalue weighted by atomic mass is 9.84. The van der Waals surface area contributed by atoms with E-state index in [1.165, 1.54) is 66.6 Å². The number of ether oxygens (including phenoxy) is 1. The molecule has 41 heteroatoms. The highest BCUT2D eigenvalue weighted by atomic mass is 32.2. The summed E-state index contributed by atoms with van der Waals surface area (Å²) in [6.07, 6.45) is 17.7. The van der Waals surface area contributed by atoms with Crippen LogP contribution in [-0.2, 0) is 44.7 Å². The zero-order valence-corrected chi connectivity index (χ0v) is 87.1. The van der Waals surface area contributed by atoms with Gasteiger partial charge < -0.3 is 95.5 Å². The first-order valence-electron chi connectivity index (χ1n) is 47.5. The van der Waals surface area contributed by atoms with E-state index in [-0.39, 0.29) is 128 Å². The maximum absolute atomic E-state index is 15.8. The molecule has 1 saturated heterocycles. The van der Waals surface area contributed by atoms with Gasteiger partial charge in [-0.15, -0.1) is 0 Å². The number of hydrogen-bond donors (Lipinski definition) is 12. The van der Waals surface area contributed by atoms with E-state index >= 15 is 4.79 Å². The van der Waals surface area contributed by atoms with Gasteiger partial charge in [-0.05, 0) is 182 Å². The molecule has 13 N–H and O–H groups in total. The van der Waals surface area contributed by atoms with Gasteiger partial charge in [-0.25, -0.2) is 42.1 Å². The number of fused-ring (bicyclic) bond motifs is 7. The number of hydrogen-bond acceptors (Lipinski definition) is 23. The molecule has 0 saturated carbocycles. The van der Waals surface area contributed by atoms with E-state index in [1.54, 1.807) is 47.2 Å². The highest BCUT2D eigenvalue weighted by Crippen LogP contribution is 2.67. The summed E-state index contributed by atoms with van der Waals surface area (Å²) in [6, 6.07) is 45.3. The summed E-state index contributed by atoms with van der Waals surface area (Å²) in [5.74, 6) is 1.06. The fourth-order valence-electron chi connectivity index (χ4n) is 20.0. The summed E-state index contributed by atoms with van der Waals surface area (Å²) < 4.78 is 75.3. The molecule has 37 nitrogen and oxygen atoms in total. The summed E-state index contributed by atoms with van der Waals surface area (Å²) in [6.45, 7) is 17.5. The molecule has 764 valence electrons. The molecule has 8 aromatic carbocycles. The lowest BCUT2D eigenvalue weighted by molar-refractivity contribution is -0.637. The van der Waals surface area contributed by atoms with Crippen molar-refractivity contribution in [3.63, 3.8) is 0 Å². The Morgan fingerprint density at radius 3 is 1.65 bits per heavy atom. The fraction of sp³-hybridized carbons (Fsp3) is 0.241. The predicted octanol–water partition coefficient (Wildman–Crippen LogP) is 17.4. The predicted molar refractivity (Wildman–Crippen MR) is 567 cm³/mol. The Labute approximate surface area is 859 Å². The summed E-state index contributed by atoms with van der Waals surface area (Å²) in [5, 5.41) is 57.2. The SMILES string of the molecule is CCN1c2cc3[o+]c4cc5c(cc4c(-c4c(C(=O)O)c(-[n+]6ccc(N(C)C)cc6)c(-[n+]6ccc(N(C)C)cc6)c(Sc6ccc(C(=O)NCc7ccc(C(=O)NCc8c(O)ccc9c(-c%10cc(C(=O)NCC#Cc%11cn(C%12CC[C@@H](COP(=O)(O)OP(=O)(O)OP(=O)(O)O)O%12)c%12ncnc(N)c%11%12)ccc%10C(=O)O)c%10ccc(O)cc%10[o+]c89)cc7)cc6)c4-[n+]4ccc(N(C)C)cc4)c3cc2C(C)=CC1(C)C)C(C)=CC(C)(C)N5CC. The minimum absolute atomic E-state index is 0.00124. The number of nitrogens with two attached hydrogens (primary N) is 1. The first-order chi connectivity index (χ1) is 70.7. The van der Waals surface area contributed by atoms with Gasteiger partial charge in [0.15, 0.2) is 47.6 Å². The van der Waals surface area contributed by atoms with Crippen molar-refractivity contribution in [2.75, 3.05) is 98.8 Å². The number of benzene rings is 8. The molecule has 0 spiro atoms. The van der Waals surface area contributed by atoms with Crippen LogP contribution in [0.25, 0.3) is 105 Å². The van der Waals surface area contributed by atoms with Crippen LogP contribution in [0.1, 0.15) is 154 Å². The van der Waals surface area contributed by atoms with E-state index in [0.29, 0.717) is 94.9 Å². The van der Waals surface area contributed by atoms with Gasteiger partial charge in [-0.1, -0.05) is 47.9 Å². The number of aromatic nitrogens is 6. The number of nitrogens with zero attached hydrogens (tertiary/aromatic N) is 11. The van der Waals surface area contributed by atoms with Gasteiger partial charge in [0.25, 0.3) is 23.4 Å². The number of aromatic hydroxyl groups is 2. The van der Waals surface area contributed by atoms with Gasteiger partial charge >= 0.3 is 63.4 Å². The first-order valence-corrected chi connectivity index (χ1v) is 52.9. The molecule has 0 bridgehead atoms. The van der Waals surface area contributed by atoms with Gasteiger partial charge in [0, 0.05) is 165 Å². The van der Waals surface area contributed by atoms with Crippen molar-refractivity contribution in [2.45, 2.75) is 115 Å². The number of nitrogen functional groups attached to an aromatic ring is 1. The number of anilines is 6. The number of phosphoric ester groups is 1. The van der Waals surface area contributed by atoms with Gasteiger partial charge in [-0.2, -0.15) is 22.3 Å². The average molecular weight is 2090 g/mol. The molecular weight excluding hydrogens is 1980 g/mol. The molecule has 3 aliphatic rings. The van der Waals surface area contributed by atoms with E-state index in [2.05, 4.69) is 148 Å². The van der Waals surface area contributed by atoms with E-state index < -0.39 is 72.1 Å². The molecule has 4 atom stereocenters. The first kappa shape index (κ1) is 104. The topological polar surface area (TPSA) is 479 Å². The number of carbonyl (C=O) groups excluding carboxylic acids is 3. The lowest BCUT2D eigenvalue weighted by Crippen LogP contribution is -2.45. The van der Waals surface area contributed by atoms with Crippen LogP contribution in [0.4, 0.5) is 34.3 Å². The maximum atomic E-state index is 15.8. The number of pyridine rings is 3. The highest BCUT2D eigenvalue weighted by Gasteiger charge is 2.48. The molecule has 0 radical (unpaired) electrons. The summed E-state index contributed by atoms with van der Waals surface area (Å²) >= 11 is 1.42. The zero-order valence-electron chi connectivity index (χ0n) is 83.6. The number of carboxylic acid groups (broad SMARTS) is 2. The van der Waals surface area contributed by atoms with E-state index in [4.69, 9.17) is 33.6 Å². The monoisotopic (exact) mass is 2090 g/mol. The zero-order chi connectivity index (χ0) is 106. The second kappa shape index (κ2) is 40.7. The van der Waals surface area contributed by atoms with Crippen LogP contribution in [0.15, 0.2) is 238 Å². The Bertz CT molecular complexity index is 8220. The number of amides is 3. The molecule has 3 unspecified atom stereocenters. The van der Waals surface area contributed by atoms with Gasteiger partial charge in [0.05, 0.1) is 110 Å². The number of rotatable bonds is 30. The third-order valence-corrected chi connectivity index (χ3v) is 31.6. The normalized spacial score (nSPS) is 15.5. The largest absolute Gasteiger partial charge is 0.508 e. The van der Waals surface area contributed by atoms with Crippen LogP contribution in [0.5, 0.6) is 11.5 Å². The molecule has 15 aromatic rings. The average Bonchev–Trinajstić information content (AvgIpc) is 1.65. The highest BCUT2D eigenvalue weighted by molar-refractivity contribution is 7.99. The lowest BCUT2D eigenvalue weighted by Gasteiger charge is -2.42. The number of likely N-dealkylation sites (N-methyl/N-ethyl adjacent to an activating group) is 2. The second-order valence-corrected chi connectivity index (χ2v) is 43.6. The Morgan fingerprint density at radius 2 is 1.10 bits per heavy atom. The van der Waals surface area contributed by atoms with Crippen molar-refractivity contribution in [1.29, 1.82) is 0 Å². The molecule has 1 fully saturated rings. The second-order valence-electron chi connectivity index (χ2n) is 38.1. The Morgan fingerprint density at radius 1 is 0.570 bits per heavy atom. The summed E-state index contributed by atoms with van der Waals surface area (Å²) in [5.41, 5.74) is 19.6. The van der Waals surface area contributed by atoms with Crippen molar-refractivity contribution in [2.24, 2.45) is 0 Å². The van der Waals surface area contributed by atoms with Crippen LogP contribution in [0.3, 0.4) is 0 Å². The molecule has 3 aliphatic heterocycles. The third-order valence-electron chi connectivity index (χ3n) is 26.7. The van der Waals surface area contributed by atoms with Crippen LogP contribution in [0, 0.1) is 11.8 Å². The minimum Gasteiger partial charge on any atom is -0.508 e. The van der Waals surface area contributed by atoms with Crippen molar-refractivity contribution < 1.29 is 118 Å². The smallest absolute Gasteiger partial charge is 0.490 e. The summed E-state index contributed by atoms with van der Waals surface area (Å²) in [4.78, 5) is 130. The number of carboxylic acids is 2. The van der Waals surface area contributed by atoms with Crippen LogP contribution < -0.4 is 59.9 Å². The summed E-state index contributed by atoms with van der Waals surface area (Å²) in [7, 11) is -5.09. The van der Waals surface area contributed by atoms with Gasteiger partial charge in [0.2, 0.25) is 5.69 Å². The van der Waals surface area contributed by atoms with Crippen molar-refractivity contribution >= 4 is 165 Å². The number of phenolic OH excluding ortho intramolecular Hbond substituents is 2. The molecule has 0 aliphatic carbocycles. The number of phosphoric acid groups is 3. The number of aromatic carboxylic acids is 2. The van der Waals surface area contributed by atoms with Crippen LogP contribution >= 0.6 is 35.2 Å². The quantitative estimate of drug-likeness (QED) is 0.00654. The maximum Gasteiger partial charge on any atom is 0.490 e. The van der Waals surface area contributed by atoms with Crippen LogP contribution in [-0.4, -0.2) is 170 Å². The number of phenols is 2. The number of nitrogens with one attached hydrogen (secondary N) is 3. The molecule has 18 rings (SSSR count). The molecule has 3 amide bonds. The van der Waals surface area contributed by atoms with Crippen LogP contribution in [0.2, 0.25) is 0 Å². The minimum atomic E-state index is -5.78. The van der Waals surface area contributed by atoms with Gasteiger partial charge in [-0.3, -0.25) is 18.9 Å². The van der Waals surface area contributed by atoms with Crippen molar-refractivity contribution in [3.05, 3.63) is 275 Å². The Balaban J connectivity index is 0.634. The number of carbonyl (C=O) groups is 5. The van der Waals surface area contributed by atoms with Crippen molar-refractivity contribution in [1.82, 2.24) is 30.5 Å². The molecule has 7 aromatic heterocycles. The van der Waals surface area contributed by atoms with E-state index in [0.717, 1.165) is 50.7 Å². The fourth-order valence-corrected chi connectivity index (χ4v) is 24.1. The molecule has 10 heterocycles.